The third-order valence-corrected chi connectivity index (χ3v) is 4.41. The molecule has 1 saturated heterocycles. The molecule has 2 aromatic rings. The Hall–Kier alpha value is -2.68. The number of anilines is 2. The highest BCUT2D eigenvalue weighted by Gasteiger charge is 2.22. The fourth-order valence-electron chi connectivity index (χ4n) is 3.04. The van der Waals surface area contributed by atoms with Gasteiger partial charge < -0.3 is 10.2 Å². The fourth-order valence-corrected chi connectivity index (χ4v) is 3.04. The molecule has 24 heavy (non-hydrogen) atoms. The number of piperidine rings is 1. The maximum atomic E-state index is 9.24. The van der Waals surface area contributed by atoms with Crippen molar-refractivity contribution in [3.8, 4) is 6.07 Å². The van der Waals surface area contributed by atoms with Crippen LogP contribution in [0, 0.1) is 18.3 Å². The maximum absolute atomic E-state index is 9.24. The molecule has 1 N–H and O–H groups in total. The van der Waals surface area contributed by atoms with E-state index < -0.39 is 0 Å². The Labute approximate surface area is 142 Å². The van der Waals surface area contributed by atoms with Gasteiger partial charge in [0, 0.05) is 37.1 Å². The molecule has 1 fully saturated rings. The molecule has 1 aliphatic heterocycles. The normalized spacial score (nSPS) is 15.1. The molecule has 0 aliphatic carbocycles. The van der Waals surface area contributed by atoms with Crippen LogP contribution in [0.5, 0.6) is 0 Å². The minimum Gasteiger partial charge on any atom is -0.367 e. The molecule has 0 radical (unpaired) electrons. The van der Waals surface area contributed by atoms with Crippen molar-refractivity contribution < 1.29 is 0 Å². The average molecular weight is 322 g/mol. The number of hydrogen-bond donors (Lipinski definition) is 1. The SMILES string of the molecule is CCc1cnc(C)nc1NC1CCN(c2ncccc2C#N)CC1. The molecule has 124 valence electrons. The molecule has 2 aromatic heterocycles. The average Bonchev–Trinajstić information content (AvgIpc) is 2.62. The van der Waals surface area contributed by atoms with Gasteiger partial charge in [0.25, 0.3) is 0 Å². The molecule has 6 heteroatoms. The molecule has 0 aromatic carbocycles. The van der Waals surface area contributed by atoms with Gasteiger partial charge in [-0.15, -0.1) is 0 Å². The summed E-state index contributed by atoms with van der Waals surface area (Å²) in [5.41, 5.74) is 1.79. The minimum atomic E-state index is 0.384. The summed E-state index contributed by atoms with van der Waals surface area (Å²) in [6.45, 7) is 5.80. The van der Waals surface area contributed by atoms with Crippen molar-refractivity contribution in [1.29, 1.82) is 5.26 Å². The third kappa shape index (κ3) is 3.46. The van der Waals surface area contributed by atoms with Crippen LogP contribution in [0.2, 0.25) is 0 Å². The van der Waals surface area contributed by atoms with E-state index in [0.717, 1.165) is 55.4 Å². The van der Waals surface area contributed by atoms with Gasteiger partial charge in [-0.1, -0.05) is 6.92 Å². The summed E-state index contributed by atoms with van der Waals surface area (Å²) in [5.74, 6) is 2.55. The van der Waals surface area contributed by atoms with Gasteiger partial charge in [-0.3, -0.25) is 0 Å². The number of nitrogens with one attached hydrogen (secondary N) is 1. The first-order valence-corrected chi connectivity index (χ1v) is 8.40. The Bertz CT molecular complexity index is 743. The molecule has 1 aliphatic rings. The number of nitrogens with zero attached hydrogens (tertiary/aromatic N) is 5. The topological polar surface area (TPSA) is 77.7 Å². The Kier molecular flexibility index (Phi) is 4.90. The second-order valence-corrected chi connectivity index (χ2v) is 6.04. The van der Waals surface area contributed by atoms with Crippen molar-refractivity contribution in [2.24, 2.45) is 0 Å². The first-order valence-electron chi connectivity index (χ1n) is 8.40. The van der Waals surface area contributed by atoms with Gasteiger partial charge in [0.2, 0.25) is 0 Å². The van der Waals surface area contributed by atoms with Crippen molar-refractivity contribution in [3.63, 3.8) is 0 Å². The molecule has 3 rings (SSSR count). The van der Waals surface area contributed by atoms with E-state index in [0.29, 0.717) is 11.6 Å². The maximum Gasteiger partial charge on any atom is 0.146 e. The van der Waals surface area contributed by atoms with E-state index in [9.17, 15) is 5.26 Å². The lowest BCUT2D eigenvalue weighted by Gasteiger charge is -2.34. The summed E-state index contributed by atoms with van der Waals surface area (Å²) >= 11 is 0. The lowest BCUT2D eigenvalue weighted by Crippen LogP contribution is -2.40. The van der Waals surface area contributed by atoms with Crippen LogP contribution >= 0.6 is 0 Å². The van der Waals surface area contributed by atoms with Crippen LogP contribution in [0.1, 0.15) is 36.7 Å². The number of pyridine rings is 1. The van der Waals surface area contributed by atoms with Crippen molar-refractivity contribution in [2.75, 3.05) is 23.3 Å². The van der Waals surface area contributed by atoms with Crippen LogP contribution < -0.4 is 10.2 Å². The number of aryl methyl sites for hydroxylation is 2. The Balaban J connectivity index is 1.66. The lowest BCUT2D eigenvalue weighted by molar-refractivity contribution is 0.521. The summed E-state index contributed by atoms with van der Waals surface area (Å²) in [6, 6.07) is 6.24. The molecule has 0 atom stereocenters. The molecule has 0 saturated carbocycles. The highest BCUT2D eigenvalue weighted by atomic mass is 15.2. The van der Waals surface area contributed by atoms with Gasteiger partial charge in [-0.25, -0.2) is 15.0 Å². The van der Waals surface area contributed by atoms with Crippen molar-refractivity contribution >= 4 is 11.6 Å². The summed E-state index contributed by atoms with van der Waals surface area (Å²) in [7, 11) is 0. The van der Waals surface area contributed by atoms with E-state index in [1.165, 1.54) is 0 Å². The quantitative estimate of drug-likeness (QED) is 0.932. The zero-order valence-corrected chi connectivity index (χ0v) is 14.2. The molecular weight excluding hydrogens is 300 g/mol. The summed E-state index contributed by atoms with van der Waals surface area (Å²) < 4.78 is 0. The van der Waals surface area contributed by atoms with Crippen LogP contribution in [0.3, 0.4) is 0 Å². The smallest absolute Gasteiger partial charge is 0.146 e. The number of rotatable bonds is 4. The van der Waals surface area contributed by atoms with Crippen molar-refractivity contribution in [1.82, 2.24) is 15.0 Å². The third-order valence-electron chi connectivity index (χ3n) is 4.41. The first kappa shape index (κ1) is 16.2. The van der Waals surface area contributed by atoms with E-state index in [1.54, 1.807) is 12.3 Å². The second-order valence-electron chi connectivity index (χ2n) is 6.04. The highest BCUT2D eigenvalue weighted by molar-refractivity contribution is 5.54. The molecule has 0 spiro atoms. The van der Waals surface area contributed by atoms with Gasteiger partial charge in [-0.05, 0) is 38.3 Å². The highest BCUT2D eigenvalue weighted by Crippen LogP contribution is 2.23. The largest absolute Gasteiger partial charge is 0.367 e. The molecule has 0 unspecified atom stereocenters. The summed E-state index contributed by atoms with van der Waals surface area (Å²) in [6.07, 6.45) is 6.56. The Morgan fingerprint density at radius 3 is 2.83 bits per heavy atom. The van der Waals surface area contributed by atoms with Gasteiger partial charge in [-0.2, -0.15) is 5.26 Å². The zero-order valence-electron chi connectivity index (χ0n) is 14.2. The van der Waals surface area contributed by atoms with E-state index in [2.05, 4.69) is 38.2 Å². The van der Waals surface area contributed by atoms with Crippen LogP contribution in [-0.2, 0) is 6.42 Å². The minimum absolute atomic E-state index is 0.384. The van der Waals surface area contributed by atoms with Crippen LogP contribution in [-0.4, -0.2) is 34.1 Å². The van der Waals surface area contributed by atoms with E-state index in [1.807, 2.05) is 19.2 Å². The van der Waals surface area contributed by atoms with Crippen molar-refractivity contribution in [2.45, 2.75) is 39.2 Å². The Morgan fingerprint density at radius 1 is 1.33 bits per heavy atom. The summed E-state index contributed by atoms with van der Waals surface area (Å²) in [5, 5.41) is 12.8. The standard InChI is InChI=1S/C18H22N6/c1-3-14-12-21-13(2)22-17(14)23-16-6-9-24(10-7-16)18-15(11-19)5-4-8-20-18/h4-5,8,12,16H,3,6-7,9-10H2,1-2H3,(H,21,22,23). The number of nitriles is 1. The van der Waals surface area contributed by atoms with Crippen LogP contribution in [0.15, 0.2) is 24.5 Å². The number of hydrogen-bond acceptors (Lipinski definition) is 6. The summed E-state index contributed by atoms with van der Waals surface area (Å²) in [4.78, 5) is 15.4. The van der Waals surface area contributed by atoms with Crippen LogP contribution in [0.4, 0.5) is 11.6 Å². The zero-order chi connectivity index (χ0) is 16.9. The van der Waals surface area contributed by atoms with Gasteiger partial charge >= 0.3 is 0 Å². The van der Waals surface area contributed by atoms with E-state index >= 15 is 0 Å². The molecular formula is C18H22N6. The molecule has 0 bridgehead atoms. The fraction of sp³-hybridized carbons (Fsp3) is 0.444. The number of aromatic nitrogens is 3. The molecule has 0 amide bonds. The monoisotopic (exact) mass is 322 g/mol. The first-order chi connectivity index (χ1) is 11.7. The molecule has 6 nitrogen and oxygen atoms in total. The van der Waals surface area contributed by atoms with Gasteiger partial charge in [0.05, 0.1) is 5.56 Å². The lowest BCUT2D eigenvalue weighted by atomic mass is 10.0. The predicted molar refractivity (Wildman–Crippen MR) is 94.0 cm³/mol. The van der Waals surface area contributed by atoms with Gasteiger partial charge in [0.15, 0.2) is 0 Å². The van der Waals surface area contributed by atoms with Gasteiger partial charge in [0.1, 0.15) is 23.5 Å². The second kappa shape index (κ2) is 7.26. The van der Waals surface area contributed by atoms with E-state index in [4.69, 9.17) is 0 Å². The Morgan fingerprint density at radius 2 is 2.12 bits per heavy atom. The van der Waals surface area contributed by atoms with Crippen LogP contribution in [0.25, 0.3) is 0 Å². The predicted octanol–water partition coefficient (Wildman–Crippen LogP) is 2.70. The van der Waals surface area contributed by atoms with Crippen molar-refractivity contribution in [3.05, 3.63) is 41.5 Å². The molecule has 3 heterocycles. The van der Waals surface area contributed by atoms with E-state index in [-0.39, 0.29) is 0 Å².